The molecule has 41 heavy (non-hydrogen) atoms. The summed E-state index contributed by atoms with van der Waals surface area (Å²) in [7, 11) is -4.08. The lowest BCUT2D eigenvalue weighted by molar-refractivity contribution is -0.0458. The highest BCUT2D eigenvalue weighted by Crippen LogP contribution is 2.48. The Kier molecular flexibility index (Phi) is 11.5. The van der Waals surface area contributed by atoms with E-state index >= 15 is 0 Å². The van der Waals surface area contributed by atoms with Gasteiger partial charge in [0, 0.05) is 0 Å². The third-order valence-corrected chi connectivity index (χ3v) is 8.35. The molecule has 4 rings (SSSR count). The number of imidazole rings is 1. The zero-order chi connectivity index (χ0) is 29.1. The number of anilines is 1. The molecule has 15 nitrogen and oxygen atoms in total. The number of hydrogen-bond donors (Lipinski definition) is 1. The van der Waals surface area contributed by atoms with E-state index in [1.807, 2.05) is 0 Å². The second kappa shape index (κ2) is 15.3. The van der Waals surface area contributed by atoms with Gasteiger partial charge in [-0.1, -0.05) is 12.8 Å². The Hall–Kier alpha value is -3.00. The van der Waals surface area contributed by atoms with Crippen molar-refractivity contribution in [1.29, 1.82) is 0 Å². The summed E-state index contributed by atoms with van der Waals surface area (Å²) in [5, 5.41) is 0. The van der Waals surface area contributed by atoms with Crippen molar-refractivity contribution in [1.82, 2.24) is 19.5 Å². The van der Waals surface area contributed by atoms with Crippen LogP contribution in [0.2, 0.25) is 0 Å². The maximum absolute atomic E-state index is 13.4. The highest BCUT2D eigenvalue weighted by molar-refractivity contribution is 7.53. The van der Waals surface area contributed by atoms with Crippen molar-refractivity contribution in [3.8, 4) is 0 Å². The molecule has 228 valence electrons. The zero-order valence-electron chi connectivity index (χ0n) is 23.2. The average molecular weight is 600 g/mol. The molecule has 0 unspecified atom stereocenters. The lowest BCUT2D eigenvalue weighted by Gasteiger charge is -2.23. The Morgan fingerprint density at radius 2 is 1.49 bits per heavy atom. The van der Waals surface area contributed by atoms with Crippen LogP contribution in [0.1, 0.15) is 71.1 Å². The van der Waals surface area contributed by atoms with Crippen LogP contribution in [0.5, 0.6) is 0 Å². The summed E-state index contributed by atoms with van der Waals surface area (Å²) in [6.07, 6.45) is 8.71. The van der Waals surface area contributed by atoms with Gasteiger partial charge in [0.1, 0.15) is 30.4 Å². The molecule has 0 radical (unpaired) electrons. The van der Waals surface area contributed by atoms with Crippen molar-refractivity contribution >= 4 is 36.9 Å². The Morgan fingerprint density at radius 1 is 0.927 bits per heavy atom. The van der Waals surface area contributed by atoms with E-state index in [1.54, 1.807) is 17.8 Å². The van der Waals surface area contributed by atoms with E-state index in [9.17, 15) is 14.2 Å². The molecule has 2 aliphatic carbocycles. The van der Waals surface area contributed by atoms with E-state index in [1.165, 1.54) is 6.33 Å². The van der Waals surface area contributed by atoms with Gasteiger partial charge >= 0.3 is 19.9 Å². The molecule has 0 spiro atoms. The van der Waals surface area contributed by atoms with Crippen LogP contribution in [0.4, 0.5) is 15.4 Å². The number of nitrogens with two attached hydrogens (primary N) is 1. The lowest BCUT2D eigenvalue weighted by atomic mass is 9.98. The third-order valence-electron chi connectivity index (χ3n) is 6.88. The van der Waals surface area contributed by atoms with Crippen LogP contribution >= 0.6 is 7.60 Å². The molecule has 0 aliphatic heterocycles. The van der Waals surface area contributed by atoms with Crippen LogP contribution in [-0.4, -0.2) is 70.1 Å². The van der Waals surface area contributed by atoms with E-state index < -0.39 is 45.9 Å². The van der Waals surface area contributed by atoms with Crippen molar-refractivity contribution in [2.24, 2.45) is 0 Å². The summed E-state index contributed by atoms with van der Waals surface area (Å²) in [4.78, 5) is 36.4. The molecule has 2 aromatic rings. The van der Waals surface area contributed by atoms with Crippen molar-refractivity contribution in [3.05, 3.63) is 12.7 Å². The van der Waals surface area contributed by atoms with Crippen molar-refractivity contribution in [3.63, 3.8) is 0 Å². The van der Waals surface area contributed by atoms with Gasteiger partial charge in [0.05, 0.1) is 19.0 Å². The first-order valence-corrected chi connectivity index (χ1v) is 15.6. The van der Waals surface area contributed by atoms with E-state index in [-0.39, 0.29) is 24.6 Å². The molecule has 0 bridgehead atoms. The highest BCUT2D eigenvalue weighted by atomic mass is 31.2. The minimum atomic E-state index is -4.08. The standard InChI is InChI=1S/C25H38N5O10P/c1-18(12-30-14-29-21-22(26)27-13-28-23(21)30)36-17-41(33,37-15-34-24(31)39-19-8-4-2-5-9-19)38-16-35-25(32)40-20-10-6-3-7-11-20/h13-14,18-20H,2-12,15-17H2,1H3,(H2,26,27,28)/t18-/m0/s1. The molecular formula is C25H38N5O10P. The van der Waals surface area contributed by atoms with Crippen LogP contribution in [0.3, 0.4) is 0 Å². The number of hydrogen-bond acceptors (Lipinski definition) is 14. The number of rotatable bonds is 13. The van der Waals surface area contributed by atoms with Crippen LogP contribution in [-0.2, 0) is 43.8 Å². The summed E-state index contributed by atoms with van der Waals surface area (Å²) in [5.74, 6) is 0.248. The van der Waals surface area contributed by atoms with E-state index in [4.69, 9.17) is 38.5 Å². The molecule has 0 amide bonds. The van der Waals surface area contributed by atoms with Gasteiger partial charge in [-0.15, -0.1) is 0 Å². The van der Waals surface area contributed by atoms with Gasteiger partial charge < -0.3 is 34.0 Å². The quantitative estimate of drug-likeness (QED) is 0.186. The van der Waals surface area contributed by atoms with Gasteiger partial charge in [-0.05, 0) is 58.3 Å². The topological polar surface area (TPSA) is 185 Å². The van der Waals surface area contributed by atoms with Crippen LogP contribution < -0.4 is 5.73 Å². The first-order valence-electron chi connectivity index (χ1n) is 13.9. The second-order valence-corrected chi connectivity index (χ2v) is 12.1. The summed E-state index contributed by atoms with van der Waals surface area (Å²) < 4.78 is 51.9. The zero-order valence-corrected chi connectivity index (χ0v) is 24.1. The van der Waals surface area contributed by atoms with Gasteiger partial charge in [0.2, 0.25) is 13.6 Å². The van der Waals surface area contributed by atoms with Crippen molar-refractivity contribution in [2.75, 3.05) is 25.7 Å². The van der Waals surface area contributed by atoms with Crippen LogP contribution in [0, 0.1) is 0 Å². The van der Waals surface area contributed by atoms with Gasteiger partial charge in [-0.3, -0.25) is 13.6 Å². The Bertz CT molecular complexity index is 1140. The maximum Gasteiger partial charge on any atom is 0.510 e. The average Bonchev–Trinajstić information content (AvgIpc) is 3.37. The molecule has 2 heterocycles. The summed E-state index contributed by atoms with van der Waals surface area (Å²) in [6.45, 7) is 0.586. The summed E-state index contributed by atoms with van der Waals surface area (Å²) in [5.41, 5.74) is 6.80. The molecule has 1 atom stereocenters. The van der Waals surface area contributed by atoms with Gasteiger partial charge in [0.15, 0.2) is 11.5 Å². The molecular weight excluding hydrogens is 561 g/mol. The van der Waals surface area contributed by atoms with Crippen molar-refractivity contribution < 1.29 is 46.9 Å². The lowest BCUT2D eigenvalue weighted by Crippen LogP contribution is -2.23. The Labute approximate surface area is 237 Å². The molecule has 0 aromatic carbocycles. The van der Waals surface area contributed by atoms with E-state index in [2.05, 4.69) is 15.0 Å². The number of carbonyl (C=O) groups is 2. The first-order chi connectivity index (χ1) is 19.8. The predicted molar refractivity (Wildman–Crippen MR) is 144 cm³/mol. The molecule has 2 fully saturated rings. The molecule has 2 aromatic heterocycles. The Morgan fingerprint density at radius 3 is 2.05 bits per heavy atom. The highest BCUT2D eigenvalue weighted by Gasteiger charge is 2.29. The molecule has 2 N–H and O–H groups in total. The van der Waals surface area contributed by atoms with Gasteiger partial charge in [-0.25, -0.2) is 24.5 Å². The van der Waals surface area contributed by atoms with Gasteiger partial charge in [0.25, 0.3) is 0 Å². The van der Waals surface area contributed by atoms with E-state index in [0.717, 1.165) is 64.2 Å². The number of carbonyl (C=O) groups excluding carboxylic acids is 2. The summed E-state index contributed by atoms with van der Waals surface area (Å²) in [6, 6.07) is 0. The number of nitrogens with zero attached hydrogens (tertiary/aromatic N) is 4. The van der Waals surface area contributed by atoms with Crippen LogP contribution in [0.15, 0.2) is 12.7 Å². The first kappa shape index (κ1) is 30.9. The predicted octanol–water partition coefficient (Wildman–Crippen LogP) is 4.88. The Balaban J connectivity index is 1.28. The maximum atomic E-state index is 13.4. The van der Waals surface area contributed by atoms with Crippen molar-refractivity contribution in [2.45, 2.75) is 96.0 Å². The van der Waals surface area contributed by atoms with Gasteiger partial charge in [-0.2, -0.15) is 0 Å². The number of ether oxygens (including phenoxy) is 5. The minimum Gasteiger partial charge on any atom is -0.431 e. The fourth-order valence-electron chi connectivity index (χ4n) is 4.71. The number of aromatic nitrogens is 4. The smallest absolute Gasteiger partial charge is 0.431 e. The second-order valence-electron chi connectivity index (χ2n) is 10.1. The molecule has 2 aliphatic rings. The molecule has 16 heteroatoms. The third kappa shape index (κ3) is 9.80. The SMILES string of the molecule is C[C@@H](Cn1cnc2c(N)ncnc21)OCP(=O)(OCOC(=O)OC1CCCCC1)OCOC(=O)OC1CCCCC1. The largest absolute Gasteiger partial charge is 0.510 e. The fourth-order valence-corrected chi connectivity index (χ4v) is 5.80. The van der Waals surface area contributed by atoms with Crippen LogP contribution in [0.25, 0.3) is 11.2 Å². The molecule has 2 saturated carbocycles. The normalized spacial score (nSPS) is 17.7. The number of nitrogen functional groups attached to an aromatic ring is 1. The summed E-state index contributed by atoms with van der Waals surface area (Å²) >= 11 is 0. The minimum absolute atomic E-state index is 0.216. The number of fused-ring (bicyclic) bond motifs is 1. The van der Waals surface area contributed by atoms with E-state index in [0.29, 0.717) is 11.2 Å². The monoisotopic (exact) mass is 599 g/mol. The molecule has 0 saturated heterocycles. The fraction of sp³-hybridized carbons (Fsp3) is 0.720.